The number of rotatable bonds is 15. The molecular weight excluding hydrogens is 338 g/mol. The van der Waals surface area contributed by atoms with Crippen molar-refractivity contribution in [3.05, 3.63) is 0 Å². The van der Waals surface area contributed by atoms with E-state index in [1.54, 1.807) is 0 Å². The summed E-state index contributed by atoms with van der Waals surface area (Å²) in [5.41, 5.74) is 0. The summed E-state index contributed by atoms with van der Waals surface area (Å²) in [6.07, 6.45) is 18.6. The molecular formula is C19H43NO4S. The van der Waals surface area contributed by atoms with Crippen LogP contribution in [0.15, 0.2) is 0 Å². The molecule has 0 rings (SSSR count). The minimum absolute atomic E-state index is 1.24. The maximum atomic E-state index is 8.63. The zero-order chi connectivity index (χ0) is 19.6. The zero-order valence-electron chi connectivity index (χ0n) is 17.1. The smallest absolute Gasteiger partial charge is 0.215 e. The lowest BCUT2D eigenvalue weighted by Gasteiger charge is -2.30. The number of quaternary nitrogens is 1. The molecule has 25 heavy (non-hydrogen) atoms. The third kappa shape index (κ3) is 32.0. The van der Waals surface area contributed by atoms with Gasteiger partial charge in [-0.15, -0.1) is 0 Å². The van der Waals surface area contributed by atoms with E-state index in [-0.39, 0.29) is 0 Å². The van der Waals surface area contributed by atoms with Crippen molar-refractivity contribution < 1.29 is 22.0 Å². The average Bonchev–Trinajstić information content (AvgIpc) is 2.48. The summed E-state index contributed by atoms with van der Waals surface area (Å²) in [4.78, 5) is 0. The van der Waals surface area contributed by atoms with E-state index in [9.17, 15) is 0 Å². The second-order valence-corrected chi connectivity index (χ2v) is 8.56. The molecule has 0 aromatic heterocycles. The highest BCUT2D eigenvalue weighted by molar-refractivity contribution is 7.79. The van der Waals surface area contributed by atoms with Crippen LogP contribution in [0.1, 0.15) is 97.3 Å². The molecule has 0 atom stereocenters. The number of nitrogens with zero attached hydrogens (tertiary/aromatic N) is 1. The van der Waals surface area contributed by atoms with Crippen LogP contribution >= 0.6 is 0 Å². The maximum absolute atomic E-state index is 8.63. The highest BCUT2D eigenvalue weighted by atomic mass is 32.3. The van der Waals surface area contributed by atoms with Crippen molar-refractivity contribution in [3.63, 3.8) is 0 Å². The molecule has 0 spiro atoms. The minimum atomic E-state index is -4.92. The highest BCUT2D eigenvalue weighted by Gasteiger charge is 2.13. The van der Waals surface area contributed by atoms with Gasteiger partial charge in [0.1, 0.15) is 0 Å². The van der Waals surface area contributed by atoms with Gasteiger partial charge < -0.3 is 9.04 Å². The van der Waals surface area contributed by atoms with Gasteiger partial charge in [0.25, 0.3) is 0 Å². The van der Waals surface area contributed by atoms with E-state index in [1.165, 1.54) is 101 Å². The first kappa shape index (κ1) is 27.1. The van der Waals surface area contributed by atoms with Gasteiger partial charge in [-0.05, 0) is 25.7 Å². The highest BCUT2D eigenvalue weighted by Crippen LogP contribution is 2.11. The van der Waals surface area contributed by atoms with Gasteiger partial charge in [0, 0.05) is 0 Å². The van der Waals surface area contributed by atoms with Crippen LogP contribution in [0.25, 0.3) is 0 Å². The number of hydrogen-bond acceptors (Lipinski definition) is 3. The van der Waals surface area contributed by atoms with Gasteiger partial charge >= 0.3 is 0 Å². The van der Waals surface area contributed by atoms with Crippen LogP contribution in [-0.2, 0) is 10.4 Å². The van der Waals surface area contributed by atoms with E-state index in [1.807, 2.05) is 0 Å². The van der Waals surface area contributed by atoms with E-state index in [2.05, 4.69) is 27.9 Å². The van der Waals surface area contributed by atoms with E-state index >= 15 is 0 Å². The van der Waals surface area contributed by atoms with E-state index in [0.29, 0.717) is 0 Å². The molecule has 0 amide bonds. The largest absolute Gasteiger partial charge is 0.726 e. The molecule has 5 nitrogen and oxygen atoms in total. The molecule has 1 N–H and O–H groups in total. The van der Waals surface area contributed by atoms with Gasteiger partial charge in [0.15, 0.2) is 0 Å². The van der Waals surface area contributed by atoms with Gasteiger partial charge in [-0.1, -0.05) is 71.6 Å². The summed E-state index contributed by atoms with van der Waals surface area (Å²) in [7, 11) is -0.0812. The third-order valence-electron chi connectivity index (χ3n) is 4.48. The van der Waals surface area contributed by atoms with E-state index in [4.69, 9.17) is 17.5 Å². The third-order valence-corrected chi connectivity index (χ3v) is 4.48. The summed E-state index contributed by atoms with van der Waals surface area (Å²) in [5, 5.41) is 0. The Morgan fingerprint density at radius 1 is 0.680 bits per heavy atom. The van der Waals surface area contributed by atoms with Crippen molar-refractivity contribution in [2.45, 2.75) is 97.3 Å². The fourth-order valence-corrected chi connectivity index (χ4v) is 2.93. The SMILES string of the molecule is CCCCCCCCCC[N+](C)(C)CCCCCCC.O=S(=O)([O-])O. The lowest BCUT2D eigenvalue weighted by atomic mass is 10.1. The molecule has 0 radical (unpaired) electrons. The second kappa shape index (κ2) is 17.3. The van der Waals surface area contributed by atoms with Gasteiger partial charge in [0.05, 0.1) is 27.2 Å². The summed E-state index contributed by atoms with van der Waals surface area (Å²) < 4.78 is 34.1. The molecule has 0 unspecified atom stereocenters. The van der Waals surface area contributed by atoms with Crippen LogP contribution in [0.5, 0.6) is 0 Å². The number of unbranched alkanes of at least 4 members (excludes halogenated alkanes) is 11. The Bertz CT molecular complexity index is 362. The second-order valence-electron chi connectivity index (χ2n) is 7.70. The van der Waals surface area contributed by atoms with Gasteiger partial charge in [-0.2, -0.15) is 0 Å². The summed E-state index contributed by atoms with van der Waals surface area (Å²) in [6, 6.07) is 0. The normalized spacial score (nSPS) is 11.9. The minimum Gasteiger partial charge on any atom is -0.726 e. The van der Waals surface area contributed by atoms with Crippen molar-refractivity contribution in [1.82, 2.24) is 0 Å². The van der Waals surface area contributed by atoms with Crippen LogP contribution in [0.3, 0.4) is 0 Å². The lowest BCUT2D eigenvalue weighted by molar-refractivity contribution is -0.890. The average molecular weight is 382 g/mol. The van der Waals surface area contributed by atoms with E-state index in [0.717, 1.165) is 0 Å². The molecule has 0 saturated heterocycles. The van der Waals surface area contributed by atoms with Crippen LogP contribution in [0, 0.1) is 0 Å². The summed E-state index contributed by atoms with van der Waals surface area (Å²) in [6.45, 7) is 7.34. The fraction of sp³-hybridized carbons (Fsp3) is 1.00. The van der Waals surface area contributed by atoms with Crippen molar-refractivity contribution in [1.29, 1.82) is 0 Å². The zero-order valence-corrected chi connectivity index (χ0v) is 18.0. The molecule has 0 saturated carbocycles. The van der Waals surface area contributed by atoms with Gasteiger partial charge in [-0.3, -0.25) is 4.55 Å². The Kier molecular flexibility index (Phi) is 18.7. The first-order chi connectivity index (χ1) is 11.6. The molecule has 154 valence electrons. The molecule has 6 heteroatoms. The molecule has 0 bridgehead atoms. The number of hydrogen-bond donors (Lipinski definition) is 1. The first-order valence-electron chi connectivity index (χ1n) is 10.1. The standard InChI is InChI=1S/C19H42N.H2O4S/c1-5-7-9-11-12-13-15-17-19-20(3,4)18-16-14-10-8-6-2;1-5(2,3)4/h5-19H2,1-4H3;(H2,1,2,3,4)/q+1;/p-1. The topological polar surface area (TPSA) is 77.4 Å². The molecule has 0 fully saturated rings. The molecule has 0 aliphatic heterocycles. The predicted octanol–water partition coefficient (Wildman–Crippen LogP) is 5.18. The molecule has 0 aromatic rings. The van der Waals surface area contributed by atoms with Gasteiger partial charge in [0.2, 0.25) is 10.4 Å². The maximum Gasteiger partial charge on any atom is 0.215 e. The Labute approximate surface area is 157 Å². The van der Waals surface area contributed by atoms with Crippen LogP contribution in [-0.4, -0.2) is 49.2 Å². The Balaban J connectivity index is 0. The Hall–Kier alpha value is -0.170. The monoisotopic (exact) mass is 381 g/mol. The first-order valence-corrected chi connectivity index (χ1v) is 11.5. The quantitative estimate of drug-likeness (QED) is 0.183. The van der Waals surface area contributed by atoms with Crippen LogP contribution in [0.4, 0.5) is 0 Å². The molecule has 0 aliphatic rings. The van der Waals surface area contributed by atoms with Crippen molar-refractivity contribution >= 4 is 10.4 Å². The predicted molar refractivity (Wildman–Crippen MR) is 106 cm³/mol. The van der Waals surface area contributed by atoms with Gasteiger partial charge in [-0.25, -0.2) is 8.42 Å². The van der Waals surface area contributed by atoms with Crippen molar-refractivity contribution in [3.8, 4) is 0 Å². The lowest BCUT2D eigenvalue weighted by Crippen LogP contribution is -2.41. The fourth-order valence-electron chi connectivity index (χ4n) is 2.93. The molecule has 0 aromatic carbocycles. The summed E-state index contributed by atoms with van der Waals surface area (Å²) in [5.74, 6) is 0. The Morgan fingerprint density at radius 2 is 0.920 bits per heavy atom. The molecule has 0 aliphatic carbocycles. The van der Waals surface area contributed by atoms with Crippen molar-refractivity contribution in [2.75, 3.05) is 27.2 Å². The summed E-state index contributed by atoms with van der Waals surface area (Å²) >= 11 is 0. The van der Waals surface area contributed by atoms with Crippen LogP contribution < -0.4 is 0 Å². The molecule has 0 heterocycles. The van der Waals surface area contributed by atoms with E-state index < -0.39 is 10.4 Å². The van der Waals surface area contributed by atoms with Crippen LogP contribution in [0.2, 0.25) is 0 Å². The van der Waals surface area contributed by atoms with Crippen molar-refractivity contribution in [2.24, 2.45) is 0 Å². The Morgan fingerprint density at radius 3 is 1.20 bits per heavy atom.